The first-order chi connectivity index (χ1) is 61.1. The Bertz CT molecular complexity index is 5130. The van der Waals surface area contributed by atoms with E-state index >= 15 is 0 Å². The second kappa shape index (κ2) is 41.2. The first-order valence-electron chi connectivity index (χ1n) is 40.1. The lowest BCUT2D eigenvalue weighted by Crippen LogP contribution is -2.64. The van der Waals surface area contributed by atoms with Gasteiger partial charge in [-0.25, -0.2) is 80.8 Å². The van der Waals surface area contributed by atoms with Crippen molar-refractivity contribution in [2.45, 2.75) is 190 Å². The molecule has 0 radical (unpaired) electrons. The van der Waals surface area contributed by atoms with Crippen molar-refractivity contribution in [3.63, 3.8) is 0 Å². The number of aromatic nitrogens is 3. The topological polar surface area (TPSA) is 498 Å². The van der Waals surface area contributed by atoms with Crippen LogP contribution in [0.2, 0.25) is 0 Å². The number of cyclic esters (lactones) is 1. The van der Waals surface area contributed by atoms with Gasteiger partial charge in [-0.2, -0.15) is 0 Å². The average molecular weight is 1860 g/mol. The number of nitrogens with zero attached hydrogens (tertiary/aromatic N) is 4. The van der Waals surface area contributed by atoms with E-state index in [1.165, 1.54) is 78.5 Å². The molecule has 33 nitrogen and oxygen atoms in total. The van der Waals surface area contributed by atoms with Crippen molar-refractivity contribution < 1.29 is 159 Å². The van der Waals surface area contributed by atoms with E-state index in [2.05, 4.69) is 68.1 Å². The summed E-state index contributed by atoms with van der Waals surface area (Å²) in [5, 5.41) is 87.1. The number of hydrogen-bond donors (Lipinski definition) is 16. The van der Waals surface area contributed by atoms with Crippen LogP contribution >= 0.6 is 0 Å². The molecule has 6 heterocycles. The van der Waals surface area contributed by atoms with E-state index in [1.54, 1.807) is 0 Å². The van der Waals surface area contributed by atoms with Gasteiger partial charge in [0, 0.05) is 67.5 Å². The zero-order chi connectivity index (χ0) is 96.1. The number of halogens is 15. The molecule has 3 aliphatic heterocycles. The number of pyridine rings is 3. The Balaban J connectivity index is 0.000000203. The highest BCUT2D eigenvalue weighted by molar-refractivity contribution is 6.01. The number of aliphatic hydroxyl groups is 3. The molecule has 3 aromatic carbocycles. The maximum absolute atomic E-state index is 14.7. The van der Waals surface area contributed by atoms with Gasteiger partial charge in [0.1, 0.15) is 47.5 Å². The quantitative estimate of drug-likeness (QED) is 0.0304. The molecule has 0 bridgehead atoms. The van der Waals surface area contributed by atoms with Crippen LogP contribution in [0.1, 0.15) is 128 Å². The van der Waals surface area contributed by atoms with Gasteiger partial charge >= 0.3 is 5.97 Å². The Labute approximate surface area is 726 Å². The molecule has 6 aromatic rings. The first-order valence-corrected chi connectivity index (χ1v) is 40.1. The number of rotatable bonds is 15. The summed E-state index contributed by atoms with van der Waals surface area (Å²) in [6.07, 6.45) is -3.96. The van der Waals surface area contributed by atoms with Gasteiger partial charge in [0.05, 0.1) is 72.3 Å². The van der Waals surface area contributed by atoms with Gasteiger partial charge in [-0.15, -0.1) is 0 Å². The number of carbonyl (C=O) groups is 12. The molecule has 48 heteroatoms. The zero-order valence-corrected chi connectivity index (χ0v) is 69.1. The van der Waals surface area contributed by atoms with Crippen molar-refractivity contribution in [3.8, 4) is 17.2 Å². The summed E-state index contributed by atoms with van der Waals surface area (Å²) >= 11 is 0. The third-order valence-electron chi connectivity index (χ3n) is 22.8. The fourth-order valence-corrected chi connectivity index (χ4v) is 14.7. The molecule has 3 aliphatic carbocycles. The van der Waals surface area contributed by atoms with Gasteiger partial charge in [0.2, 0.25) is 58.8 Å². The normalized spacial score (nSPS) is 26.8. The monoisotopic (exact) mass is 1850 g/mol. The predicted octanol–water partition coefficient (Wildman–Crippen LogP) is 2.93. The van der Waals surface area contributed by atoms with Gasteiger partial charge in [-0.05, 0) is 114 Å². The Hall–Kier alpha value is -13.0. The fourth-order valence-electron chi connectivity index (χ4n) is 14.7. The molecule has 130 heavy (non-hydrogen) atoms. The third kappa shape index (κ3) is 21.9. The van der Waals surface area contributed by atoms with E-state index in [-0.39, 0.29) is 17.8 Å². The number of ether oxygens (including phenoxy) is 1. The molecule has 11 amide bonds. The molecule has 3 aromatic heterocycles. The highest BCUT2D eigenvalue weighted by Crippen LogP contribution is 2.39. The van der Waals surface area contributed by atoms with Crippen molar-refractivity contribution >= 4 is 70.9 Å². The number of nitrogens with one attached hydrogen (secondary N) is 10. The molecule has 16 N–H and O–H groups in total. The van der Waals surface area contributed by atoms with Crippen molar-refractivity contribution in [1.82, 2.24) is 73.0 Å². The van der Waals surface area contributed by atoms with Gasteiger partial charge in [0.25, 0.3) is 23.6 Å². The number of amides is 11. The van der Waals surface area contributed by atoms with Crippen LogP contribution in [0, 0.1) is 123 Å². The molecule has 702 valence electrons. The van der Waals surface area contributed by atoms with E-state index in [1.807, 2.05) is 0 Å². The van der Waals surface area contributed by atoms with Gasteiger partial charge in [-0.1, -0.05) is 13.8 Å². The number of hydrogen-bond acceptors (Lipinski definition) is 22. The second-order valence-electron chi connectivity index (χ2n) is 32.0. The number of likely N-dealkylation sites (N-methyl/N-ethyl adjacent to an activating group) is 1. The molecule has 3 saturated carbocycles. The van der Waals surface area contributed by atoms with E-state index in [4.69, 9.17) is 4.74 Å². The maximum atomic E-state index is 14.7. The van der Waals surface area contributed by atoms with Crippen LogP contribution < -0.4 is 53.2 Å². The number of esters is 1. The minimum absolute atomic E-state index is 0.264. The highest BCUT2D eigenvalue weighted by atomic mass is 19.2. The number of aliphatic hydroxyl groups excluding tert-OH is 3. The average Bonchev–Trinajstić information content (AvgIpc) is 1.65. The van der Waals surface area contributed by atoms with E-state index in [0.717, 1.165) is 30.0 Å². The summed E-state index contributed by atoms with van der Waals surface area (Å²) in [5.74, 6) is -52.8. The van der Waals surface area contributed by atoms with E-state index in [9.17, 15) is 154 Å². The first kappa shape index (κ1) is 99.1. The molecule has 0 spiro atoms. The molecule has 3 unspecified atom stereocenters. The van der Waals surface area contributed by atoms with E-state index in [0.29, 0.717) is 38.5 Å². The molecule has 6 fully saturated rings. The fraction of sp³-hybridized carbons (Fsp3) is 0.451. The largest absolute Gasteiger partial charge is 0.505 e. The van der Waals surface area contributed by atoms with Crippen LogP contribution in [0.15, 0.2) is 55.0 Å². The molecular formula is C82H85F15N14O19. The maximum Gasteiger partial charge on any atom is 0.312 e. The summed E-state index contributed by atoms with van der Waals surface area (Å²) in [6.45, 7) is 7.44. The lowest BCUT2D eigenvalue weighted by atomic mass is 9.90. The SMILES string of the molecule is C[C@H]1NC(=O)C(C2CC2)N(C)C(=O)[C@H](C)[C@H](O)[C@H](Cc2c(F)c(F)c(F)c(F)c2F)NC(=O)[C@H]1NC(=O)c1ncccc1O.C[C@H]1NC(=O)C(C2CC2)NC(=O)[C@H](C)[C@H](O)[C@H](Cc2c(F)c(F)c(F)c(F)c2F)NC(=O)[C@H]1NC(=O)c1ncccc1O.C[C@H]1NC(=O)C(C2CC2)OC(=O)[C@H](C)[C@H](O)[C@H](Cc2c(F)c(F)c(F)c(F)c2F)NC(=O)[C@H]1NC(=O)c1ncccc1O. The van der Waals surface area contributed by atoms with E-state index < -0.39 is 337 Å². The van der Waals surface area contributed by atoms with Crippen LogP contribution in [0.25, 0.3) is 0 Å². The minimum Gasteiger partial charge on any atom is -0.505 e. The Morgan fingerprint density at radius 1 is 0.377 bits per heavy atom. The predicted molar refractivity (Wildman–Crippen MR) is 412 cm³/mol. The van der Waals surface area contributed by atoms with Crippen molar-refractivity contribution in [2.75, 3.05) is 7.05 Å². The zero-order valence-electron chi connectivity index (χ0n) is 69.1. The lowest BCUT2D eigenvalue weighted by Gasteiger charge is -2.37. The number of carbonyl (C=O) groups excluding carboxylic acids is 12. The van der Waals surface area contributed by atoms with Crippen LogP contribution in [-0.2, 0) is 67.2 Å². The molecule has 12 rings (SSSR count). The van der Waals surface area contributed by atoms with Crippen LogP contribution in [0.5, 0.6) is 17.2 Å². The minimum atomic E-state index is -2.42. The summed E-state index contributed by atoms with van der Waals surface area (Å²) in [6, 6.07) is -9.11. The highest BCUT2D eigenvalue weighted by Gasteiger charge is 2.50. The molecular weight excluding hydrogens is 1770 g/mol. The molecule has 3 saturated heterocycles. The number of benzene rings is 3. The summed E-state index contributed by atoms with van der Waals surface area (Å²) < 4.78 is 218. The van der Waals surface area contributed by atoms with Crippen molar-refractivity contribution in [3.05, 3.63) is 176 Å². The number of aromatic hydroxyl groups is 3. The standard InChI is InChI=1S/C28H30F5N5O6.C27H28F5N5O6.C27H27F5N4O7/c1-10-24(40)14(9-13-16(29)18(31)20(33)19(32)17(13)30)36-25(41)21(37-26(42)22-15(39)5-4-8-34-22)11(2)35-27(43)23(12-6-7-12)38(3)28(10)44;1-9-23(39)13(8-12-15(28)17(30)19(32)18(31)16(12)29)35-25(41)20(36-27(43)22-14(38)4-3-7-33-22)10(2)34-26(42)21(11-5-6-11)37-24(9)40;1-9-22(38)13(8-12-15(28)17(30)19(32)18(31)16(12)29)35-24(39)20(36-25(40)21-14(37)4-3-7-33-21)10(2)34-26(41)23(11-5-6-11)43-27(9)42/h4-5,8,10-12,14,21,23-24,39-40H,6-7,9H2,1-3H3,(H,35,43)(H,36,41)(H,37,42);3-4,7,9-11,13,20-21,23,38-39H,5-6,8H2,1-2H3,(H,34,42)(H,35,41)(H,36,43)(H,37,40);3-4,7,9-11,13,20,22-23,37-38H,5-6,8H2,1-2H3,(H,34,41)(H,35,39)(H,36,40)/t10-,11-,14+,21+,23?,24+;9-,10-,13+,20+,21?,23+;9-,10-,13+,20+,22+,23?/m111/s1. The lowest BCUT2D eigenvalue weighted by molar-refractivity contribution is -0.165. The van der Waals surface area contributed by atoms with Gasteiger partial charge < -0.3 is 93.4 Å². The Morgan fingerprint density at radius 3 is 0.985 bits per heavy atom. The van der Waals surface area contributed by atoms with Crippen LogP contribution in [-0.4, -0.2) is 219 Å². The van der Waals surface area contributed by atoms with Gasteiger partial charge in [0.15, 0.2) is 93.0 Å². The second-order valence-corrected chi connectivity index (χ2v) is 32.0. The third-order valence-corrected chi connectivity index (χ3v) is 22.8. The van der Waals surface area contributed by atoms with Gasteiger partial charge in [-0.3, -0.25) is 57.5 Å². The summed E-state index contributed by atoms with van der Waals surface area (Å²) in [4.78, 5) is 171. The smallest absolute Gasteiger partial charge is 0.312 e. The summed E-state index contributed by atoms with van der Waals surface area (Å²) in [7, 11) is 1.31. The Morgan fingerprint density at radius 2 is 0.669 bits per heavy atom. The van der Waals surface area contributed by atoms with Crippen LogP contribution in [0.3, 0.4) is 0 Å². The molecule has 18 atom stereocenters. The van der Waals surface area contributed by atoms with Crippen LogP contribution in [0.4, 0.5) is 65.9 Å². The Kier molecular flexibility index (Phi) is 31.4. The summed E-state index contributed by atoms with van der Waals surface area (Å²) in [5.41, 5.74) is -5.59. The van der Waals surface area contributed by atoms with Crippen molar-refractivity contribution in [1.29, 1.82) is 0 Å². The van der Waals surface area contributed by atoms with Crippen molar-refractivity contribution in [2.24, 2.45) is 35.5 Å². The molecule has 6 aliphatic rings.